The largest absolute Gasteiger partial charge is 0.222 e. The first-order valence-corrected chi connectivity index (χ1v) is 6.05. The van der Waals surface area contributed by atoms with Gasteiger partial charge in [-0.2, -0.15) is 5.48 Å². The molecule has 15 heavy (non-hydrogen) atoms. The van der Waals surface area contributed by atoms with Crippen molar-refractivity contribution < 1.29 is 4.28 Å². The van der Waals surface area contributed by atoms with E-state index in [1.807, 2.05) is 6.08 Å². The molecule has 0 radical (unpaired) electrons. The standard InChI is InChI=1S/C11H22N2OS/c1-6-7-11(8-9-11)13(5)15-14-12-10(2,3)4/h6,12H,1,7-9H2,2-5H3. The van der Waals surface area contributed by atoms with E-state index in [-0.39, 0.29) is 5.54 Å². The third-order valence-corrected chi connectivity index (χ3v) is 3.29. The molecule has 0 saturated heterocycles. The van der Waals surface area contributed by atoms with Gasteiger partial charge in [-0.3, -0.25) is 0 Å². The van der Waals surface area contributed by atoms with Crippen LogP contribution in [0.25, 0.3) is 0 Å². The van der Waals surface area contributed by atoms with E-state index in [4.69, 9.17) is 4.28 Å². The summed E-state index contributed by atoms with van der Waals surface area (Å²) in [7, 11) is 2.07. The van der Waals surface area contributed by atoms with Gasteiger partial charge in [0.25, 0.3) is 0 Å². The molecule has 1 aliphatic rings. The zero-order valence-electron chi connectivity index (χ0n) is 10.2. The van der Waals surface area contributed by atoms with Gasteiger partial charge in [0, 0.05) is 18.1 Å². The van der Waals surface area contributed by atoms with E-state index in [2.05, 4.69) is 44.2 Å². The van der Waals surface area contributed by atoms with E-state index in [9.17, 15) is 0 Å². The van der Waals surface area contributed by atoms with Crippen molar-refractivity contribution in [2.45, 2.75) is 51.1 Å². The maximum atomic E-state index is 5.39. The number of rotatable bonds is 6. The van der Waals surface area contributed by atoms with Gasteiger partial charge >= 0.3 is 0 Å². The third kappa shape index (κ3) is 4.15. The SMILES string of the molecule is C=CCC1(N(C)SONC(C)(C)C)CC1. The Kier molecular flexibility index (Phi) is 4.23. The van der Waals surface area contributed by atoms with Gasteiger partial charge < -0.3 is 0 Å². The van der Waals surface area contributed by atoms with E-state index in [0.29, 0.717) is 5.54 Å². The lowest BCUT2D eigenvalue weighted by atomic mass is 10.1. The van der Waals surface area contributed by atoms with Gasteiger partial charge in [-0.1, -0.05) is 6.08 Å². The van der Waals surface area contributed by atoms with E-state index < -0.39 is 0 Å². The monoisotopic (exact) mass is 230 g/mol. The van der Waals surface area contributed by atoms with Crippen molar-refractivity contribution in [3.05, 3.63) is 12.7 Å². The maximum Gasteiger partial charge on any atom is 0.105 e. The lowest BCUT2D eigenvalue weighted by Gasteiger charge is -2.26. The van der Waals surface area contributed by atoms with Crippen molar-refractivity contribution in [2.24, 2.45) is 0 Å². The van der Waals surface area contributed by atoms with E-state index in [0.717, 1.165) is 6.42 Å². The van der Waals surface area contributed by atoms with Gasteiger partial charge in [0.05, 0.1) is 0 Å². The average Bonchev–Trinajstić information content (AvgIpc) is 2.84. The molecule has 0 unspecified atom stereocenters. The van der Waals surface area contributed by atoms with Crippen LogP contribution in [0.2, 0.25) is 0 Å². The molecule has 1 N–H and O–H groups in total. The zero-order valence-corrected chi connectivity index (χ0v) is 11.0. The van der Waals surface area contributed by atoms with Crippen molar-refractivity contribution in [2.75, 3.05) is 7.05 Å². The predicted octanol–water partition coefficient (Wildman–Crippen LogP) is 2.91. The van der Waals surface area contributed by atoms with Crippen molar-refractivity contribution >= 4 is 12.2 Å². The molecule has 1 rings (SSSR count). The summed E-state index contributed by atoms with van der Waals surface area (Å²) in [4.78, 5) is 0. The molecule has 1 saturated carbocycles. The van der Waals surface area contributed by atoms with Gasteiger partial charge in [0.1, 0.15) is 12.2 Å². The molecule has 1 fully saturated rings. The van der Waals surface area contributed by atoms with Gasteiger partial charge in [-0.15, -0.1) is 6.58 Å². The Morgan fingerprint density at radius 1 is 1.53 bits per heavy atom. The summed E-state index contributed by atoms with van der Waals surface area (Å²) in [5.41, 5.74) is 3.28. The molecule has 0 atom stereocenters. The number of nitrogens with one attached hydrogen (secondary N) is 1. The highest BCUT2D eigenvalue weighted by atomic mass is 32.2. The van der Waals surface area contributed by atoms with Crippen molar-refractivity contribution in [1.29, 1.82) is 0 Å². The van der Waals surface area contributed by atoms with Crippen LogP contribution >= 0.6 is 12.2 Å². The number of hydrogen-bond donors (Lipinski definition) is 1. The Hall–Kier alpha value is -0.0300. The smallest absolute Gasteiger partial charge is 0.105 e. The van der Waals surface area contributed by atoms with Crippen LogP contribution in [0.15, 0.2) is 12.7 Å². The van der Waals surface area contributed by atoms with E-state index in [1.165, 1.54) is 25.1 Å². The fourth-order valence-corrected chi connectivity index (χ4v) is 2.15. The second-order valence-electron chi connectivity index (χ2n) is 5.22. The molecule has 0 aromatic rings. The Morgan fingerprint density at radius 2 is 2.13 bits per heavy atom. The van der Waals surface area contributed by atoms with Gasteiger partial charge in [0.2, 0.25) is 0 Å². The molecule has 88 valence electrons. The molecule has 0 spiro atoms. The van der Waals surface area contributed by atoms with Crippen LogP contribution in [0, 0.1) is 0 Å². The van der Waals surface area contributed by atoms with Crippen LogP contribution in [0.4, 0.5) is 0 Å². The number of nitrogens with zero attached hydrogens (tertiary/aromatic N) is 1. The maximum absolute atomic E-state index is 5.39. The predicted molar refractivity (Wildman–Crippen MR) is 66.1 cm³/mol. The summed E-state index contributed by atoms with van der Waals surface area (Å²) in [6.07, 6.45) is 5.50. The van der Waals surface area contributed by atoms with Crippen LogP contribution in [0.3, 0.4) is 0 Å². The topological polar surface area (TPSA) is 24.5 Å². The Morgan fingerprint density at radius 3 is 2.53 bits per heavy atom. The lowest BCUT2D eigenvalue weighted by Crippen LogP contribution is -2.36. The number of hydroxylamine groups is 1. The summed E-state index contributed by atoms with van der Waals surface area (Å²) in [6, 6.07) is 0. The quantitative estimate of drug-likeness (QED) is 0.328. The molecule has 0 bridgehead atoms. The summed E-state index contributed by atoms with van der Waals surface area (Å²) in [5, 5.41) is 0. The highest BCUT2D eigenvalue weighted by Crippen LogP contribution is 2.47. The molecule has 0 heterocycles. The fourth-order valence-electron chi connectivity index (χ4n) is 1.34. The Labute approximate surface area is 97.5 Å². The van der Waals surface area contributed by atoms with Crippen molar-refractivity contribution in [1.82, 2.24) is 9.79 Å². The van der Waals surface area contributed by atoms with Crippen LogP contribution in [0.5, 0.6) is 0 Å². The van der Waals surface area contributed by atoms with Crippen LogP contribution in [-0.4, -0.2) is 22.4 Å². The van der Waals surface area contributed by atoms with Gasteiger partial charge in [0.15, 0.2) is 0 Å². The van der Waals surface area contributed by atoms with Crippen molar-refractivity contribution in [3.8, 4) is 0 Å². The fraction of sp³-hybridized carbons (Fsp3) is 0.818. The molecule has 0 amide bonds. The molecule has 4 heteroatoms. The van der Waals surface area contributed by atoms with Crippen LogP contribution in [-0.2, 0) is 4.28 Å². The summed E-state index contributed by atoms with van der Waals surface area (Å²) >= 11 is 1.39. The zero-order chi connectivity index (χ0) is 11.5. The summed E-state index contributed by atoms with van der Waals surface area (Å²) in [5.74, 6) is 0. The first-order valence-electron chi connectivity index (χ1n) is 5.35. The molecule has 0 aromatic carbocycles. The first-order chi connectivity index (χ1) is 6.90. The van der Waals surface area contributed by atoms with Crippen LogP contribution in [0.1, 0.15) is 40.0 Å². The second kappa shape index (κ2) is 4.87. The summed E-state index contributed by atoms with van der Waals surface area (Å²) in [6.45, 7) is 10.0. The normalized spacial score (nSPS) is 19.3. The molecule has 0 aliphatic heterocycles. The molecular weight excluding hydrogens is 208 g/mol. The third-order valence-electron chi connectivity index (χ3n) is 2.52. The second-order valence-corrected chi connectivity index (χ2v) is 6.09. The minimum absolute atomic E-state index is 0.0109. The van der Waals surface area contributed by atoms with Gasteiger partial charge in [-0.25, -0.2) is 8.59 Å². The molecule has 0 aromatic heterocycles. The van der Waals surface area contributed by atoms with Crippen molar-refractivity contribution in [3.63, 3.8) is 0 Å². The average molecular weight is 230 g/mol. The number of hydrogen-bond acceptors (Lipinski definition) is 4. The van der Waals surface area contributed by atoms with Crippen LogP contribution < -0.4 is 5.48 Å². The Bertz CT molecular complexity index is 221. The lowest BCUT2D eigenvalue weighted by molar-refractivity contribution is 0.137. The highest BCUT2D eigenvalue weighted by molar-refractivity contribution is 7.92. The van der Waals surface area contributed by atoms with Gasteiger partial charge in [-0.05, 0) is 40.0 Å². The minimum atomic E-state index is -0.0109. The van der Waals surface area contributed by atoms with E-state index >= 15 is 0 Å². The van der Waals surface area contributed by atoms with E-state index in [1.54, 1.807) is 0 Å². The molecule has 1 aliphatic carbocycles. The molecule has 3 nitrogen and oxygen atoms in total. The minimum Gasteiger partial charge on any atom is -0.222 e. The first kappa shape index (κ1) is 13.0. The molecular formula is C11H22N2OS. The Balaban J connectivity index is 2.24. The highest BCUT2D eigenvalue weighted by Gasteiger charge is 2.46. The summed E-state index contributed by atoms with van der Waals surface area (Å²) < 4.78 is 7.58.